The van der Waals surface area contributed by atoms with Gasteiger partial charge in [-0.1, -0.05) is 0 Å². The molecule has 3 N–H and O–H groups in total. The van der Waals surface area contributed by atoms with Crippen molar-refractivity contribution in [1.82, 2.24) is 9.55 Å². The van der Waals surface area contributed by atoms with E-state index in [0.717, 1.165) is 0 Å². The zero-order valence-corrected chi connectivity index (χ0v) is 11.2. The molecule has 5 atom stereocenters. The highest BCUT2D eigenvalue weighted by molar-refractivity contribution is 6.29. The zero-order chi connectivity index (χ0) is 14.9. The molecule has 0 amide bonds. The number of alkyl halides is 2. The van der Waals surface area contributed by atoms with Crippen LogP contribution in [-0.2, 0) is 4.74 Å². The number of rotatable bonds is 2. The van der Waals surface area contributed by atoms with Crippen molar-refractivity contribution in [2.45, 2.75) is 28.2 Å². The van der Waals surface area contributed by atoms with Gasteiger partial charge >= 0.3 is 5.69 Å². The molecule has 10 heteroatoms. The molecule has 0 radical (unpaired) electrons. The average molecular weight is 327 g/mol. The number of aliphatic hydroxyl groups excluding tert-OH is 1. The molecule has 1 aromatic heterocycles. The van der Waals surface area contributed by atoms with E-state index in [-0.39, 0.29) is 0 Å². The van der Waals surface area contributed by atoms with E-state index >= 15 is 0 Å². The summed E-state index contributed by atoms with van der Waals surface area (Å²) in [5.41, 5.74) is -5.36. The lowest BCUT2D eigenvalue weighted by molar-refractivity contribution is -0.0662. The standard InChI is InChI=1S/C10H9Cl2FN2O5/c11-4-6(15-1-3(13)5(17)14-8(15)18)20-9(2-16)7(12)10(4,9)19/h1,4,6-7,16,19H,2H2,(H,14,17,18)/t4-,6?,7?,9-,10+/m0/s1. The maximum Gasteiger partial charge on any atom is 0.330 e. The number of H-pyrrole nitrogens is 1. The summed E-state index contributed by atoms with van der Waals surface area (Å²) >= 11 is 11.9. The van der Waals surface area contributed by atoms with E-state index in [1.54, 1.807) is 4.98 Å². The van der Waals surface area contributed by atoms with E-state index in [2.05, 4.69) is 0 Å². The van der Waals surface area contributed by atoms with Crippen molar-refractivity contribution in [2.24, 2.45) is 0 Å². The van der Waals surface area contributed by atoms with Crippen LogP contribution in [0.3, 0.4) is 0 Å². The number of aromatic amines is 1. The summed E-state index contributed by atoms with van der Waals surface area (Å²) < 4.78 is 19.3. The number of halogens is 3. The third-order valence-electron chi connectivity index (χ3n) is 3.83. The summed E-state index contributed by atoms with van der Waals surface area (Å²) in [5.74, 6) is -1.20. The minimum Gasteiger partial charge on any atom is -0.393 e. The van der Waals surface area contributed by atoms with Crippen LogP contribution < -0.4 is 11.2 Å². The average Bonchev–Trinajstić information content (AvgIpc) is 2.76. The van der Waals surface area contributed by atoms with Gasteiger partial charge in [-0.05, 0) is 0 Å². The van der Waals surface area contributed by atoms with Crippen molar-refractivity contribution < 1.29 is 19.3 Å². The van der Waals surface area contributed by atoms with Crippen LogP contribution in [0.4, 0.5) is 4.39 Å². The first-order valence-corrected chi connectivity index (χ1v) is 6.47. The zero-order valence-electron chi connectivity index (χ0n) is 9.72. The molecule has 2 fully saturated rings. The second-order valence-corrected chi connectivity index (χ2v) is 5.70. The molecular formula is C10H9Cl2FN2O5. The molecule has 2 unspecified atom stereocenters. The number of nitrogens with one attached hydrogen (secondary N) is 1. The predicted molar refractivity (Wildman–Crippen MR) is 65.5 cm³/mol. The molecule has 2 aliphatic rings. The first-order chi connectivity index (χ1) is 9.29. The third-order valence-corrected chi connectivity index (χ3v) is 5.06. The molecule has 20 heavy (non-hydrogen) atoms. The molecule has 1 aromatic rings. The molecule has 1 saturated carbocycles. The molecule has 1 saturated heterocycles. The van der Waals surface area contributed by atoms with Gasteiger partial charge in [0.25, 0.3) is 5.56 Å². The highest BCUT2D eigenvalue weighted by atomic mass is 35.5. The van der Waals surface area contributed by atoms with Crippen molar-refractivity contribution in [3.05, 3.63) is 32.9 Å². The van der Waals surface area contributed by atoms with E-state index in [1.807, 2.05) is 0 Å². The topological polar surface area (TPSA) is 105 Å². The minimum absolute atomic E-state index is 0.613. The normalized spacial score (nSPS) is 42.5. The Labute approximate surface area is 120 Å². The van der Waals surface area contributed by atoms with Gasteiger partial charge in [0.05, 0.1) is 12.8 Å². The molecule has 0 aromatic carbocycles. The van der Waals surface area contributed by atoms with Crippen molar-refractivity contribution >= 4 is 23.2 Å². The lowest BCUT2D eigenvalue weighted by Crippen LogP contribution is -2.39. The Bertz CT molecular complexity index is 689. The summed E-state index contributed by atoms with van der Waals surface area (Å²) in [4.78, 5) is 24.4. The Kier molecular flexibility index (Phi) is 2.84. The summed E-state index contributed by atoms with van der Waals surface area (Å²) in [6, 6.07) is 0. The van der Waals surface area contributed by atoms with Crippen LogP contribution in [0.25, 0.3) is 0 Å². The van der Waals surface area contributed by atoms with E-state index in [9.17, 15) is 24.2 Å². The fourth-order valence-corrected chi connectivity index (χ4v) is 3.68. The Morgan fingerprint density at radius 1 is 1.50 bits per heavy atom. The number of ether oxygens (including phenoxy) is 1. The predicted octanol–water partition coefficient (Wildman–Crippen LogP) is -1.10. The van der Waals surface area contributed by atoms with Crippen LogP contribution in [-0.4, -0.2) is 48.3 Å². The molecule has 0 bridgehead atoms. The van der Waals surface area contributed by atoms with Gasteiger partial charge < -0.3 is 14.9 Å². The van der Waals surface area contributed by atoms with Crippen LogP contribution in [0.5, 0.6) is 0 Å². The highest BCUT2D eigenvalue weighted by Crippen LogP contribution is 2.66. The summed E-state index contributed by atoms with van der Waals surface area (Å²) in [6.07, 6.45) is -0.633. The molecule has 3 rings (SSSR count). The molecule has 7 nitrogen and oxygen atoms in total. The fraction of sp³-hybridized carbons (Fsp3) is 0.600. The smallest absolute Gasteiger partial charge is 0.330 e. The maximum atomic E-state index is 13.3. The van der Waals surface area contributed by atoms with Crippen LogP contribution >= 0.6 is 23.2 Å². The SMILES string of the molecule is O=c1[nH]c(=O)n(C2O[C@@]3(CO)C(Cl)[C@]3(O)[C@H]2Cl)cc1F. The second kappa shape index (κ2) is 4.05. The van der Waals surface area contributed by atoms with Crippen molar-refractivity contribution in [3.8, 4) is 0 Å². The van der Waals surface area contributed by atoms with Crippen LogP contribution in [0, 0.1) is 5.82 Å². The van der Waals surface area contributed by atoms with Gasteiger partial charge in [0.2, 0.25) is 5.82 Å². The maximum absolute atomic E-state index is 13.3. The Hall–Kier alpha value is -0.930. The largest absolute Gasteiger partial charge is 0.393 e. The van der Waals surface area contributed by atoms with Crippen molar-refractivity contribution in [2.75, 3.05) is 6.61 Å². The van der Waals surface area contributed by atoms with Gasteiger partial charge in [-0.15, -0.1) is 23.2 Å². The summed E-state index contributed by atoms with van der Waals surface area (Å²) in [5, 5.41) is 17.4. The number of hydrogen-bond donors (Lipinski definition) is 3. The van der Waals surface area contributed by atoms with Gasteiger partial charge in [0.1, 0.15) is 22.0 Å². The van der Waals surface area contributed by atoms with E-state index in [1.165, 1.54) is 0 Å². The van der Waals surface area contributed by atoms with Crippen LogP contribution in [0.2, 0.25) is 0 Å². The highest BCUT2D eigenvalue weighted by Gasteiger charge is 2.86. The second-order valence-electron chi connectivity index (χ2n) is 4.79. The van der Waals surface area contributed by atoms with Gasteiger partial charge in [-0.3, -0.25) is 14.3 Å². The van der Waals surface area contributed by atoms with Gasteiger partial charge in [0.15, 0.2) is 6.23 Å². The molecule has 1 aliphatic heterocycles. The first-order valence-electron chi connectivity index (χ1n) is 5.59. The van der Waals surface area contributed by atoms with Crippen LogP contribution in [0.15, 0.2) is 15.8 Å². The minimum atomic E-state index is -1.73. The number of fused-ring (bicyclic) bond motifs is 1. The summed E-state index contributed by atoms with van der Waals surface area (Å²) in [7, 11) is 0. The quantitative estimate of drug-likeness (QED) is 0.598. The van der Waals surface area contributed by atoms with E-state index in [0.29, 0.717) is 10.8 Å². The number of hydrogen-bond acceptors (Lipinski definition) is 5. The van der Waals surface area contributed by atoms with Crippen molar-refractivity contribution in [1.29, 1.82) is 0 Å². The Morgan fingerprint density at radius 2 is 2.15 bits per heavy atom. The molecule has 0 spiro atoms. The lowest BCUT2D eigenvalue weighted by atomic mass is 10.1. The number of aliphatic hydroxyl groups is 2. The van der Waals surface area contributed by atoms with Crippen LogP contribution in [0.1, 0.15) is 6.23 Å². The van der Waals surface area contributed by atoms with E-state index in [4.69, 9.17) is 27.9 Å². The van der Waals surface area contributed by atoms with Gasteiger partial charge in [-0.25, -0.2) is 4.79 Å². The lowest BCUT2D eigenvalue weighted by Gasteiger charge is -2.22. The number of nitrogens with zero attached hydrogens (tertiary/aromatic N) is 1. The molecule has 2 heterocycles. The Morgan fingerprint density at radius 3 is 2.70 bits per heavy atom. The monoisotopic (exact) mass is 326 g/mol. The van der Waals surface area contributed by atoms with Gasteiger partial charge in [-0.2, -0.15) is 4.39 Å². The first kappa shape index (κ1) is 14.0. The summed E-state index contributed by atoms with van der Waals surface area (Å²) in [6.45, 7) is -0.613. The third kappa shape index (κ3) is 1.40. The van der Waals surface area contributed by atoms with Gasteiger partial charge in [0, 0.05) is 0 Å². The molecular weight excluding hydrogens is 318 g/mol. The van der Waals surface area contributed by atoms with Crippen molar-refractivity contribution in [3.63, 3.8) is 0 Å². The Balaban J connectivity index is 2.05. The molecule has 1 aliphatic carbocycles. The fourth-order valence-electron chi connectivity index (χ4n) is 2.58. The number of aromatic nitrogens is 2. The van der Waals surface area contributed by atoms with E-state index < -0.39 is 51.9 Å². The molecule has 110 valence electrons.